The van der Waals surface area contributed by atoms with Crippen molar-refractivity contribution in [1.82, 2.24) is 20.9 Å². The van der Waals surface area contributed by atoms with E-state index in [-0.39, 0.29) is 41.7 Å². The van der Waals surface area contributed by atoms with Crippen molar-refractivity contribution in [3.05, 3.63) is 35.4 Å². The van der Waals surface area contributed by atoms with Gasteiger partial charge in [-0.15, -0.1) is 0 Å². The molecule has 2 aliphatic carbocycles. The van der Waals surface area contributed by atoms with E-state index >= 15 is 0 Å². The highest BCUT2D eigenvalue weighted by molar-refractivity contribution is 5.94. The lowest BCUT2D eigenvalue weighted by molar-refractivity contribution is -0.151. The highest BCUT2D eigenvalue weighted by Gasteiger charge is 2.54. The number of likely N-dealkylation sites (N-methyl/N-ethyl adjacent to an activating group) is 1. The zero-order chi connectivity index (χ0) is 25.4. The van der Waals surface area contributed by atoms with Gasteiger partial charge >= 0.3 is 0 Å². The van der Waals surface area contributed by atoms with Crippen molar-refractivity contribution in [2.45, 2.75) is 102 Å². The van der Waals surface area contributed by atoms with Crippen molar-refractivity contribution in [2.24, 2.45) is 11.8 Å². The molecule has 4 aliphatic rings. The summed E-state index contributed by atoms with van der Waals surface area (Å²) in [6.07, 6.45) is 6.82. The number of hydrogen-bond donors (Lipinski definition) is 3. The number of fused-ring (bicyclic) bond motifs is 3. The molecule has 2 saturated heterocycles. The first-order valence-corrected chi connectivity index (χ1v) is 13.7. The standard InChI is InChI=1S/C28H40N4O4/c1-16-15-23-32(25(16)27(34)30-21-13-8-10-18-9-4-5-11-19(18)21)28(35)24(31-26(33)17(2)29-3)20-12-6-7-14-22(20)36-23/h4-5,9,11,16-17,20-25,29H,6-8,10,12-15H2,1-3H3,(H,30,34)(H,31,33)/t16?,17-,20?,21+,22?,23?,24-,25?/m0/s1. The Morgan fingerprint density at radius 3 is 2.67 bits per heavy atom. The van der Waals surface area contributed by atoms with Gasteiger partial charge in [0.25, 0.3) is 0 Å². The van der Waals surface area contributed by atoms with Crippen LogP contribution in [0.4, 0.5) is 0 Å². The van der Waals surface area contributed by atoms with E-state index < -0.39 is 24.4 Å². The van der Waals surface area contributed by atoms with Crippen LogP contribution >= 0.6 is 0 Å². The molecule has 8 atom stereocenters. The van der Waals surface area contributed by atoms with Crippen LogP contribution in [0.5, 0.6) is 0 Å². The molecule has 1 aromatic carbocycles. The van der Waals surface area contributed by atoms with Gasteiger partial charge in [-0.3, -0.25) is 14.4 Å². The average Bonchev–Trinajstić information content (AvgIpc) is 3.17. The summed E-state index contributed by atoms with van der Waals surface area (Å²) in [6.45, 7) is 3.81. The number of carbonyl (C=O) groups is 3. The highest BCUT2D eigenvalue weighted by Crippen LogP contribution is 2.41. The first-order chi connectivity index (χ1) is 17.4. The fourth-order valence-corrected chi connectivity index (χ4v) is 6.76. The Kier molecular flexibility index (Phi) is 7.35. The molecular weight excluding hydrogens is 456 g/mol. The predicted molar refractivity (Wildman–Crippen MR) is 136 cm³/mol. The van der Waals surface area contributed by atoms with E-state index in [0.717, 1.165) is 44.9 Å². The molecule has 5 rings (SSSR count). The van der Waals surface area contributed by atoms with E-state index in [9.17, 15) is 14.4 Å². The van der Waals surface area contributed by atoms with Crippen LogP contribution in [0.3, 0.4) is 0 Å². The van der Waals surface area contributed by atoms with E-state index in [4.69, 9.17) is 4.74 Å². The van der Waals surface area contributed by atoms with Gasteiger partial charge in [0.15, 0.2) is 0 Å². The second kappa shape index (κ2) is 10.5. The van der Waals surface area contributed by atoms with Gasteiger partial charge in [-0.2, -0.15) is 0 Å². The Morgan fingerprint density at radius 2 is 1.86 bits per heavy atom. The van der Waals surface area contributed by atoms with Gasteiger partial charge in [0, 0.05) is 5.92 Å². The van der Waals surface area contributed by atoms with Crippen molar-refractivity contribution in [2.75, 3.05) is 7.05 Å². The number of nitrogens with one attached hydrogen (secondary N) is 3. The van der Waals surface area contributed by atoms with Gasteiger partial charge in [0.1, 0.15) is 18.3 Å². The quantitative estimate of drug-likeness (QED) is 0.582. The normalized spacial score (nSPS) is 34.6. The molecule has 2 aliphatic heterocycles. The zero-order valence-electron chi connectivity index (χ0n) is 21.7. The van der Waals surface area contributed by atoms with E-state index in [2.05, 4.69) is 28.1 Å². The summed E-state index contributed by atoms with van der Waals surface area (Å²) in [6, 6.07) is 6.54. The van der Waals surface area contributed by atoms with Crippen LogP contribution in [0.1, 0.15) is 76.0 Å². The molecule has 8 heteroatoms. The lowest BCUT2D eigenvalue weighted by Crippen LogP contribution is -2.59. The monoisotopic (exact) mass is 496 g/mol. The molecule has 0 aromatic heterocycles. The summed E-state index contributed by atoms with van der Waals surface area (Å²) in [5.74, 6) is -0.618. The molecule has 8 nitrogen and oxygen atoms in total. The largest absolute Gasteiger partial charge is 0.355 e. The van der Waals surface area contributed by atoms with E-state index in [1.807, 2.05) is 19.1 Å². The smallest absolute Gasteiger partial charge is 0.248 e. The highest BCUT2D eigenvalue weighted by atomic mass is 16.5. The molecule has 2 heterocycles. The first kappa shape index (κ1) is 25.2. The van der Waals surface area contributed by atoms with Gasteiger partial charge in [-0.25, -0.2) is 0 Å². The second-order valence-electron chi connectivity index (χ2n) is 11.1. The molecule has 0 radical (unpaired) electrons. The maximum atomic E-state index is 14.1. The lowest BCUT2D eigenvalue weighted by atomic mass is 9.80. The van der Waals surface area contributed by atoms with Crippen molar-refractivity contribution in [1.29, 1.82) is 0 Å². The predicted octanol–water partition coefficient (Wildman–Crippen LogP) is 2.43. The topological polar surface area (TPSA) is 99.8 Å². The lowest BCUT2D eigenvalue weighted by Gasteiger charge is -2.35. The minimum absolute atomic E-state index is 0.0366. The Labute approximate surface area is 213 Å². The van der Waals surface area contributed by atoms with E-state index in [1.165, 1.54) is 11.1 Å². The summed E-state index contributed by atoms with van der Waals surface area (Å²) in [7, 11) is 1.73. The van der Waals surface area contributed by atoms with Gasteiger partial charge in [-0.05, 0) is 69.5 Å². The molecule has 1 aromatic rings. The molecule has 3 amide bonds. The summed E-state index contributed by atoms with van der Waals surface area (Å²) in [5.41, 5.74) is 2.46. The Balaban J connectivity index is 1.41. The third-order valence-corrected chi connectivity index (χ3v) is 8.84. The van der Waals surface area contributed by atoms with Crippen LogP contribution in [0, 0.1) is 11.8 Å². The molecule has 1 saturated carbocycles. The summed E-state index contributed by atoms with van der Waals surface area (Å²) in [4.78, 5) is 42.4. The van der Waals surface area contributed by atoms with Gasteiger partial charge in [0.05, 0.1) is 18.2 Å². The van der Waals surface area contributed by atoms with Crippen LogP contribution < -0.4 is 16.0 Å². The number of aryl methyl sites for hydroxylation is 1. The maximum absolute atomic E-state index is 14.1. The number of nitrogens with zero attached hydrogens (tertiary/aromatic N) is 1. The summed E-state index contributed by atoms with van der Waals surface area (Å²) >= 11 is 0. The fraction of sp³-hybridized carbons (Fsp3) is 0.679. The second-order valence-corrected chi connectivity index (χ2v) is 11.1. The molecule has 3 fully saturated rings. The average molecular weight is 497 g/mol. The Morgan fingerprint density at radius 1 is 1.08 bits per heavy atom. The molecule has 196 valence electrons. The number of benzene rings is 1. The third-order valence-electron chi connectivity index (χ3n) is 8.84. The molecule has 5 unspecified atom stereocenters. The number of amides is 3. The van der Waals surface area contributed by atoms with Crippen LogP contribution in [0.2, 0.25) is 0 Å². The SMILES string of the molecule is CN[C@@H](C)C(=O)N[C@@H]1C(=O)N2C(CC(C)C2C(=O)N[C@@H]2CCCc3ccccc32)OC2CCCCC21. The van der Waals surface area contributed by atoms with Crippen molar-refractivity contribution in [3.8, 4) is 0 Å². The number of hydrogen-bond acceptors (Lipinski definition) is 5. The molecule has 0 bridgehead atoms. The third kappa shape index (κ3) is 4.65. The van der Waals surface area contributed by atoms with E-state index in [1.54, 1.807) is 18.9 Å². The summed E-state index contributed by atoms with van der Waals surface area (Å²) in [5, 5.41) is 9.28. The summed E-state index contributed by atoms with van der Waals surface area (Å²) < 4.78 is 6.56. The molecule has 36 heavy (non-hydrogen) atoms. The van der Waals surface area contributed by atoms with Gasteiger partial charge in [-0.1, -0.05) is 44.0 Å². The minimum Gasteiger partial charge on any atom is -0.355 e. The number of rotatable bonds is 5. The van der Waals surface area contributed by atoms with Crippen LogP contribution in [-0.2, 0) is 25.5 Å². The first-order valence-electron chi connectivity index (χ1n) is 13.7. The number of ether oxygens (including phenoxy) is 1. The van der Waals surface area contributed by atoms with Crippen molar-refractivity contribution >= 4 is 17.7 Å². The van der Waals surface area contributed by atoms with Gasteiger partial charge in [0.2, 0.25) is 17.7 Å². The Bertz CT molecular complexity index is 1000. The van der Waals surface area contributed by atoms with Crippen LogP contribution in [0.15, 0.2) is 24.3 Å². The van der Waals surface area contributed by atoms with E-state index in [0.29, 0.717) is 6.42 Å². The zero-order valence-corrected chi connectivity index (χ0v) is 21.7. The van der Waals surface area contributed by atoms with Crippen LogP contribution in [-0.4, -0.2) is 60.1 Å². The maximum Gasteiger partial charge on any atom is 0.248 e. The van der Waals surface area contributed by atoms with Crippen molar-refractivity contribution in [3.63, 3.8) is 0 Å². The minimum atomic E-state index is -0.681. The van der Waals surface area contributed by atoms with Crippen LogP contribution in [0.25, 0.3) is 0 Å². The van der Waals surface area contributed by atoms with Gasteiger partial charge < -0.3 is 25.6 Å². The Hall–Kier alpha value is -2.45. The number of carbonyl (C=O) groups excluding carboxylic acids is 3. The fourth-order valence-electron chi connectivity index (χ4n) is 6.76. The molecular formula is C28H40N4O4. The molecule has 3 N–H and O–H groups in total. The van der Waals surface area contributed by atoms with Crippen molar-refractivity contribution < 1.29 is 19.1 Å². The molecule has 0 spiro atoms.